The molecule has 17 heavy (non-hydrogen) atoms. The molecule has 0 radical (unpaired) electrons. The molecule has 0 saturated heterocycles. The predicted octanol–water partition coefficient (Wildman–Crippen LogP) is 3.28. The van der Waals surface area contributed by atoms with Crippen molar-refractivity contribution < 1.29 is 0 Å². The Labute approximate surface area is 107 Å². The second kappa shape index (κ2) is 5.15. The zero-order chi connectivity index (χ0) is 12.4. The van der Waals surface area contributed by atoms with Crippen LogP contribution in [0.2, 0.25) is 0 Å². The molecule has 1 heterocycles. The monoisotopic (exact) mass is 248 g/mol. The van der Waals surface area contributed by atoms with E-state index in [0.29, 0.717) is 11.8 Å². The SMILES string of the molecule is CC(C)SCc1cc2c(CN)cccc2n1C. The summed E-state index contributed by atoms with van der Waals surface area (Å²) in [6.07, 6.45) is 0. The van der Waals surface area contributed by atoms with Gasteiger partial charge in [0.1, 0.15) is 0 Å². The maximum Gasteiger partial charge on any atom is 0.0483 e. The van der Waals surface area contributed by atoms with Crippen molar-refractivity contribution in [2.75, 3.05) is 0 Å². The molecule has 1 aromatic heterocycles. The minimum atomic E-state index is 0.609. The third-order valence-electron chi connectivity index (χ3n) is 3.06. The van der Waals surface area contributed by atoms with Crippen LogP contribution in [-0.2, 0) is 19.3 Å². The molecule has 0 aliphatic rings. The van der Waals surface area contributed by atoms with Crippen molar-refractivity contribution in [2.24, 2.45) is 12.8 Å². The van der Waals surface area contributed by atoms with Gasteiger partial charge in [0, 0.05) is 35.9 Å². The summed E-state index contributed by atoms with van der Waals surface area (Å²) < 4.78 is 2.28. The Morgan fingerprint density at radius 2 is 2.12 bits per heavy atom. The van der Waals surface area contributed by atoms with Gasteiger partial charge in [-0.2, -0.15) is 11.8 Å². The first-order chi connectivity index (χ1) is 8.13. The van der Waals surface area contributed by atoms with Gasteiger partial charge in [-0.15, -0.1) is 0 Å². The molecule has 0 aliphatic carbocycles. The first kappa shape index (κ1) is 12.5. The third-order valence-corrected chi connectivity index (χ3v) is 4.19. The van der Waals surface area contributed by atoms with E-state index in [4.69, 9.17) is 5.73 Å². The van der Waals surface area contributed by atoms with Crippen molar-refractivity contribution in [3.63, 3.8) is 0 Å². The molecule has 0 unspecified atom stereocenters. The zero-order valence-corrected chi connectivity index (χ0v) is 11.6. The number of rotatable bonds is 4. The molecular weight excluding hydrogens is 228 g/mol. The van der Waals surface area contributed by atoms with E-state index in [2.05, 4.69) is 49.7 Å². The molecule has 0 bridgehead atoms. The number of aromatic nitrogens is 1. The van der Waals surface area contributed by atoms with E-state index in [1.54, 1.807) is 0 Å². The van der Waals surface area contributed by atoms with Crippen molar-refractivity contribution >= 4 is 22.7 Å². The number of nitrogens with two attached hydrogens (primary N) is 1. The summed E-state index contributed by atoms with van der Waals surface area (Å²) in [5, 5.41) is 1.97. The summed E-state index contributed by atoms with van der Waals surface area (Å²) in [6.45, 7) is 5.08. The number of hydrogen-bond donors (Lipinski definition) is 1. The fourth-order valence-corrected chi connectivity index (χ4v) is 2.83. The topological polar surface area (TPSA) is 30.9 Å². The summed E-state index contributed by atoms with van der Waals surface area (Å²) in [7, 11) is 2.14. The van der Waals surface area contributed by atoms with Gasteiger partial charge in [-0.1, -0.05) is 26.0 Å². The van der Waals surface area contributed by atoms with E-state index >= 15 is 0 Å². The molecular formula is C14H20N2S. The fraction of sp³-hybridized carbons (Fsp3) is 0.429. The van der Waals surface area contributed by atoms with Gasteiger partial charge in [-0.3, -0.25) is 0 Å². The Morgan fingerprint density at radius 3 is 2.76 bits per heavy atom. The standard InChI is InChI=1S/C14H20N2S/c1-10(2)17-9-12-7-13-11(8-15)5-4-6-14(13)16(12)3/h4-7,10H,8-9,15H2,1-3H3. The average molecular weight is 248 g/mol. The van der Waals surface area contributed by atoms with Crippen LogP contribution in [0.1, 0.15) is 25.1 Å². The van der Waals surface area contributed by atoms with Crippen LogP contribution < -0.4 is 5.73 Å². The van der Waals surface area contributed by atoms with Gasteiger partial charge in [0.05, 0.1) is 0 Å². The van der Waals surface area contributed by atoms with Crippen LogP contribution in [0.4, 0.5) is 0 Å². The Balaban J connectivity index is 2.41. The molecule has 92 valence electrons. The molecule has 1 aromatic carbocycles. The van der Waals surface area contributed by atoms with Crippen molar-refractivity contribution in [1.82, 2.24) is 4.57 Å². The van der Waals surface area contributed by atoms with Crippen molar-refractivity contribution in [1.29, 1.82) is 0 Å². The third kappa shape index (κ3) is 2.50. The van der Waals surface area contributed by atoms with E-state index < -0.39 is 0 Å². The van der Waals surface area contributed by atoms with Crippen molar-refractivity contribution in [2.45, 2.75) is 31.4 Å². The molecule has 0 amide bonds. The second-order valence-corrected chi connectivity index (χ2v) is 6.17. The lowest BCUT2D eigenvalue weighted by Gasteiger charge is -2.06. The lowest BCUT2D eigenvalue weighted by Crippen LogP contribution is -1.97. The van der Waals surface area contributed by atoms with Crippen LogP contribution in [0.5, 0.6) is 0 Å². The molecule has 3 heteroatoms. The predicted molar refractivity (Wildman–Crippen MR) is 77.2 cm³/mol. The van der Waals surface area contributed by atoms with Gasteiger partial charge in [0.15, 0.2) is 0 Å². The summed E-state index contributed by atoms with van der Waals surface area (Å²) >= 11 is 1.98. The van der Waals surface area contributed by atoms with Gasteiger partial charge in [0.2, 0.25) is 0 Å². The van der Waals surface area contributed by atoms with E-state index in [-0.39, 0.29) is 0 Å². The Kier molecular flexibility index (Phi) is 3.79. The molecule has 0 atom stereocenters. The Bertz CT molecular complexity index is 514. The summed E-state index contributed by atoms with van der Waals surface area (Å²) in [4.78, 5) is 0. The molecule has 2 rings (SSSR count). The van der Waals surface area contributed by atoms with Gasteiger partial charge in [-0.25, -0.2) is 0 Å². The molecule has 2 N–H and O–H groups in total. The second-order valence-electron chi connectivity index (χ2n) is 4.61. The average Bonchev–Trinajstić information content (AvgIpc) is 2.64. The number of thioether (sulfide) groups is 1. The van der Waals surface area contributed by atoms with Crippen LogP contribution in [0.25, 0.3) is 10.9 Å². The number of fused-ring (bicyclic) bond motifs is 1. The minimum Gasteiger partial charge on any atom is -0.347 e. The molecule has 0 fully saturated rings. The maximum atomic E-state index is 5.78. The van der Waals surface area contributed by atoms with Gasteiger partial charge < -0.3 is 10.3 Å². The summed E-state index contributed by atoms with van der Waals surface area (Å²) in [6, 6.07) is 8.65. The Morgan fingerprint density at radius 1 is 1.35 bits per heavy atom. The Hall–Kier alpha value is -0.930. The van der Waals surface area contributed by atoms with E-state index in [1.165, 1.54) is 22.2 Å². The first-order valence-corrected chi connectivity index (χ1v) is 7.06. The van der Waals surface area contributed by atoms with Crippen LogP contribution in [-0.4, -0.2) is 9.82 Å². The van der Waals surface area contributed by atoms with Gasteiger partial charge >= 0.3 is 0 Å². The van der Waals surface area contributed by atoms with Gasteiger partial charge in [-0.05, 0) is 22.9 Å². The molecule has 2 aromatic rings. The van der Waals surface area contributed by atoms with Crippen LogP contribution in [0, 0.1) is 0 Å². The molecule has 0 spiro atoms. The highest BCUT2D eigenvalue weighted by Gasteiger charge is 2.08. The van der Waals surface area contributed by atoms with E-state index in [9.17, 15) is 0 Å². The number of hydrogen-bond acceptors (Lipinski definition) is 2. The van der Waals surface area contributed by atoms with E-state index in [0.717, 1.165) is 5.75 Å². The van der Waals surface area contributed by atoms with Crippen molar-refractivity contribution in [3.8, 4) is 0 Å². The smallest absolute Gasteiger partial charge is 0.0483 e. The van der Waals surface area contributed by atoms with Crippen LogP contribution in [0.15, 0.2) is 24.3 Å². The number of nitrogens with zero attached hydrogens (tertiary/aromatic N) is 1. The van der Waals surface area contributed by atoms with E-state index in [1.807, 2.05) is 11.8 Å². The lowest BCUT2D eigenvalue weighted by atomic mass is 10.1. The normalized spacial score (nSPS) is 11.6. The zero-order valence-electron chi connectivity index (χ0n) is 10.7. The molecule has 0 aliphatic heterocycles. The van der Waals surface area contributed by atoms with Crippen LogP contribution >= 0.6 is 11.8 Å². The number of aryl methyl sites for hydroxylation is 1. The maximum absolute atomic E-state index is 5.78. The first-order valence-electron chi connectivity index (χ1n) is 6.01. The fourth-order valence-electron chi connectivity index (χ4n) is 2.05. The van der Waals surface area contributed by atoms with Gasteiger partial charge in [0.25, 0.3) is 0 Å². The van der Waals surface area contributed by atoms with Crippen LogP contribution in [0.3, 0.4) is 0 Å². The molecule has 2 nitrogen and oxygen atoms in total. The molecule has 0 saturated carbocycles. The quantitative estimate of drug-likeness (QED) is 0.900. The highest BCUT2D eigenvalue weighted by atomic mass is 32.2. The largest absolute Gasteiger partial charge is 0.347 e. The summed E-state index contributed by atoms with van der Waals surface area (Å²) in [5.74, 6) is 1.06. The number of benzene rings is 1. The van der Waals surface area contributed by atoms with Crippen molar-refractivity contribution in [3.05, 3.63) is 35.5 Å². The summed E-state index contributed by atoms with van der Waals surface area (Å²) in [5.41, 5.74) is 9.68. The lowest BCUT2D eigenvalue weighted by molar-refractivity contribution is 0.907. The minimum absolute atomic E-state index is 0.609. The highest BCUT2D eigenvalue weighted by molar-refractivity contribution is 7.99. The highest BCUT2D eigenvalue weighted by Crippen LogP contribution is 2.26.